The molecule has 3 aromatic rings. The van der Waals surface area contributed by atoms with Gasteiger partial charge in [0, 0.05) is 16.8 Å². The maximum atomic E-state index is 13.0. The van der Waals surface area contributed by atoms with E-state index < -0.39 is 11.8 Å². The zero-order chi connectivity index (χ0) is 25.8. The van der Waals surface area contributed by atoms with E-state index in [1.165, 1.54) is 6.92 Å². The van der Waals surface area contributed by atoms with Crippen LogP contribution in [0.15, 0.2) is 96.7 Å². The van der Waals surface area contributed by atoms with Crippen LogP contribution in [0.2, 0.25) is 0 Å². The third-order valence-electron chi connectivity index (χ3n) is 5.28. The van der Waals surface area contributed by atoms with E-state index in [1.54, 1.807) is 60.7 Å². The van der Waals surface area contributed by atoms with Crippen LogP contribution in [-0.2, 0) is 4.79 Å². The predicted molar refractivity (Wildman–Crippen MR) is 143 cm³/mol. The van der Waals surface area contributed by atoms with Crippen molar-refractivity contribution >= 4 is 29.4 Å². The van der Waals surface area contributed by atoms with E-state index in [4.69, 9.17) is 4.74 Å². The minimum absolute atomic E-state index is 0.0615. The van der Waals surface area contributed by atoms with Gasteiger partial charge in [-0.25, -0.2) is 0 Å². The average Bonchev–Trinajstić information content (AvgIpc) is 2.89. The number of hydrogen-bond acceptors (Lipinski definition) is 4. The van der Waals surface area contributed by atoms with Gasteiger partial charge in [-0.1, -0.05) is 55.8 Å². The zero-order valence-electron chi connectivity index (χ0n) is 20.5. The molecule has 36 heavy (non-hydrogen) atoms. The Morgan fingerprint density at radius 2 is 1.53 bits per heavy atom. The highest BCUT2D eigenvalue weighted by Gasteiger charge is 2.15. The van der Waals surface area contributed by atoms with Crippen molar-refractivity contribution in [2.75, 3.05) is 11.9 Å². The van der Waals surface area contributed by atoms with E-state index in [1.807, 2.05) is 36.4 Å². The molecular weight excluding hydrogens is 452 g/mol. The van der Waals surface area contributed by atoms with Gasteiger partial charge in [0.25, 0.3) is 11.8 Å². The van der Waals surface area contributed by atoms with Crippen LogP contribution < -0.4 is 15.4 Å². The van der Waals surface area contributed by atoms with Crippen LogP contribution in [0.3, 0.4) is 0 Å². The maximum absolute atomic E-state index is 13.0. The molecule has 184 valence electrons. The summed E-state index contributed by atoms with van der Waals surface area (Å²) in [5.41, 5.74) is 2.48. The molecule has 0 aliphatic heterocycles. The number of rotatable bonds is 11. The molecule has 0 unspecified atom stereocenters. The monoisotopic (exact) mass is 482 g/mol. The molecule has 0 aromatic heterocycles. The van der Waals surface area contributed by atoms with Gasteiger partial charge in [0.1, 0.15) is 11.4 Å². The first-order chi connectivity index (χ1) is 17.5. The Balaban J connectivity index is 1.75. The van der Waals surface area contributed by atoms with Gasteiger partial charge in [-0.05, 0) is 73.5 Å². The van der Waals surface area contributed by atoms with Gasteiger partial charge in [-0.3, -0.25) is 14.4 Å². The molecule has 6 heteroatoms. The number of anilines is 1. The van der Waals surface area contributed by atoms with Crippen LogP contribution in [0.4, 0.5) is 5.69 Å². The summed E-state index contributed by atoms with van der Waals surface area (Å²) in [4.78, 5) is 37.4. The van der Waals surface area contributed by atoms with E-state index in [9.17, 15) is 14.4 Å². The number of carbonyl (C=O) groups is 3. The summed E-state index contributed by atoms with van der Waals surface area (Å²) in [6.45, 7) is 4.19. The number of amides is 2. The standard InChI is InChI=1S/C30H30N2O4/c1-3-4-21-36-27-19-15-25(16-20-27)29(34)32-28(12-8-11-23-9-6-5-7-10-23)30(35)31-26-17-13-24(14-18-26)22(2)33/h5-20H,3-4,21H2,1-2H3,(H,31,35)(H,32,34)/b11-8+,28-12+. The molecule has 6 nitrogen and oxygen atoms in total. The highest BCUT2D eigenvalue weighted by atomic mass is 16.5. The molecule has 0 aliphatic rings. The van der Waals surface area contributed by atoms with Crippen LogP contribution in [0.1, 0.15) is 53.0 Å². The summed E-state index contributed by atoms with van der Waals surface area (Å²) in [6, 6.07) is 23.0. The number of ketones is 1. The lowest BCUT2D eigenvalue weighted by molar-refractivity contribution is -0.113. The molecule has 0 bridgehead atoms. The summed E-state index contributed by atoms with van der Waals surface area (Å²) >= 11 is 0. The lowest BCUT2D eigenvalue weighted by atomic mass is 10.1. The van der Waals surface area contributed by atoms with E-state index in [2.05, 4.69) is 17.6 Å². The molecule has 2 amide bonds. The number of benzene rings is 3. The topological polar surface area (TPSA) is 84.5 Å². The summed E-state index contributed by atoms with van der Waals surface area (Å²) < 4.78 is 5.65. The van der Waals surface area contributed by atoms with Crippen molar-refractivity contribution in [2.45, 2.75) is 26.7 Å². The summed E-state index contributed by atoms with van der Waals surface area (Å²) in [5, 5.41) is 5.47. The molecule has 0 heterocycles. The van der Waals surface area contributed by atoms with Crippen LogP contribution in [0, 0.1) is 0 Å². The molecule has 3 rings (SSSR count). The SMILES string of the molecule is CCCCOc1ccc(C(=O)N/C(=C/C=C/c2ccccc2)C(=O)Nc2ccc(C(C)=O)cc2)cc1. The van der Waals surface area contributed by atoms with E-state index in [0.717, 1.165) is 18.4 Å². The second-order valence-electron chi connectivity index (χ2n) is 8.12. The van der Waals surface area contributed by atoms with Crippen molar-refractivity contribution in [2.24, 2.45) is 0 Å². The Labute approximate surface area is 211 Å². The molecular formula is C30H30N2O4. The Bertz CT molecular complexity index is 1230. The normalized spacial score (nSPS) is 11.2. The first-order valence-corrected chi connectivity index (χ1v) is 11.9. The Kier molecular flexibility index (Phi) is 9.77. The fourth-order valence-electron chi connectivity index (χ4n) is 3.21. The minimum atomic E-state index is -0.490. The van der Waals surface area contributed by atoms with Gasteiger partial charge in [0.15, 0.2) is 5.78 Å². The lowest BCUT2D eigenvalue weighted by Crippen LogP contribution is -2.30. The molecule has 3 aromatic carbocycles. The molecule has 0 radical (unpaired) electrons. The van der Waals surface area contributed by atoms with Crippen LogP contribution in [-0.4, -0.2) is 24.2 Å². The molecule has 0 aliphatic carbocycles. The van der Waals surface area contributed by atoms with E-state index in [0.29, 0.717) is 29.2 Å². The number of ether oxygens (including phenoxy) is 1. The van der Waals surface area contributed by atoms with Gasteiger partial charge in [-0.15, -0.1) is 0 Å². The fourth-order valence-corrected chi connectivity index (χ4v) is 3.21. The number of unbranched alkanes of at least 4 members (excludes halogenated alkanes) is 1. The van der Waals surface area contributed by atoms with Crippen LogP contribution in [0.25, 0.3) is 6.08 Å². The van der Waals surface area contributed by atoms with Gasteiger partial charge in [-0.2, -0.15) is 0 Å². The highest BCUT2D eigenvalue weighted by molar-refractivity contribution is 6.08. The summed E-state index contributed by atoms with van der Waals surface area (Å²) in [6.07, 6.45) is 7.08. The van der Waals surface area contributed by atoms with Crippen molar-refractivity contribution in [1.82, 2.24) is 5.32 Å². The van der Waals surface area contributed by atoms with E-state index >= 15 is 0 Å². The number of carbonyl (C=O) groups excluding carboxylic acids is 3. The Morgan fingerprint density at radius 1 is 0.861 bits per heavy atom. The van der Waals surface area contributed by atoms with E-state index in [-0.39, 0.29) is 11.5 Å². The number of allylic oxidation sites excluding steroid dienone is 2. The zero-order valence-corrected chi connectivity index (χ0v) is 20.5. The van der Waals surface area contributed by atoms with Gasteiger partial charge in [0.2, 0.25) is 0 Å². The molecule has 0 saturated carbocycles. The number of Topliss-reactive ketones (excluding diaryl/α,β-unsaturated/α-hetero) is 1. The van der Waals surface area contributed by atoms with Gasteiger partial charge >= 0.3 is 0 Å². The van der Waals surface area contributed by atoms with Crippen molar-refractivity contribution in [1.29, 1.82) is 0 Å². The maximum Gasteiger partial charge on any atom is 0.272 e. The van der Waals surface area contributed by atoms with Gasteiger partial charge in [0.05, 0.1) is 6.61 Å². The average molecular weight is 483 g/mol. The van der Waals surface area contributed by atoms with Crippen molar-refractivity contribution in [3.8, 4) is 5.75 Å². The molecule has 0 atom stereocenters. The van der Waals surface area contributed by atoms with Crippen molar-refractivity contribution in [3.63, 3.8) is 0 Å². The summed E-state index contributed by atoms with van der Waals surface area (Å²) in [7, 11) is 0. The predicted octanol–water partition coefficient (Wildman–Crippen LogP) is 6.03. The number of nitrogens with one attached hydrogen (secondary N) is 2. The Hall–Kier alpha value is -4.45. The summed E-state index contributed by atoms with van der Waals surface area (Å²) in [5.74, 6) is -0.283. The Morgan fingerprint density at radius 3 is 2.17 bits per heavy atom. The van der Waals surface area contributed by atoms with Crippen LogP contribution >= 0.6 is 0 Å². The molecule has 2 N–H and O–H groups in total. The van der Waals surface area contributed by atoms with Crippen molar-refractivity contribution < 1.29 is 19.1 Å². The second kappa shape index (κ2) is 13.4. The smallest absolute Gasteiger partial charge is 0.272 e. The first-order valence-electron chi connectivity index (χ1n) is 11.9. The lowest BCUT2D eigenvalue weighted by Gasteiger charge is -2.11. The number of hydrogen-bond donors (Lipinski definition) is 2. The van der Waals surface area contributed by atoms with Crippen molar-refractivity contribution in [3.05, 3.63) is 113 Å². The quantitative estimate of drug-likeness (QED) is 0.151. The molecule has 0 fully saturated rings. The highest BCUT2D eigenvalue weighted by Crippen LogP contribution is 2.14. The second-order valence-corrected chi connectivity index (χ2v) is 8.12. The van der Waals surface area contributed by atoms with Crippen LogP contribution in [0.5, 0.6) is 5.75 Å². The fraction of sp³-hybridized carbons (Fsp3) is 0.167. The third-order valence-corrected chi connectivity index (χ3v) is 5.28. The molecule has 0 spiro atoms. The minimum Gasteiger partial charge on any atom is -0.494 e. The van der Waals surface area contributed by atoms with Gasteiger partial charge < -0.3 is 15.4 Å². The first kappa shape index (κ1) is 26.2. The molecule has 0 saturated heterocycles. The third kappa shape index (κ3) is 8.09. The largest absolute Gasteiger partial charge is 0.494 e.